The molecule has 0 unspecified atom stereocenters. The molecule has 8 heteroatoms. The standard InChI is InChI=1S/C18H17N3O5/c1-11(22)19-12-7-9-13(10-8-12)20-16(23)17(24)21-15-6-4-3-5-14(15)18(25)26-2/h3-10H,1-2H3,(H,19,22)(H,20,23)(H,21,24). The number of methoxy groups -OCH3 is 1. The molecule has 2 rings (SSSR count). The van der Waals surface area contributed by atoms with E-state index in [0.29, 0.717) is 11.4 Å². The van der Waals surface area contributed by atoms with Gasteiger partial charge in [-0.05, 0) is 36.4 Å². The molecule has 134 valence electrons. The quantitative estimate of drug-likeness (QED) is 0.573. The van der Waals surface area contributed by atoms with Crippen molar-refractivity contribution < 1.29 is 23.9 Å². The smallest absolute Gasteiger partial charge is 0.339 e. The van der Waals surface area contributed by atoms with Gasteiger partial charge in [0.1, 0.15) is 0 Å². The third-order valence-corrected chi connectivity index (χ3v) is 3.25. The first-order valence-electron chi connectivity index (χ1n) is 7.58. The Morgan fingerprint density at radius 1 is 0.769 bits per heavy atom. The highest BCUT2D eigenvalue weighted by atomic mass is 16.5. The van der Waals surface area contributed by atoms with Crippen molar-refractivity contribution in [2.24, 2.45) is 0 Å². The summed E-state index contributed by atoms with van der Waals surface area (Å²) in [4.78, 5) is 46.7. The maximum absolute atomic E-state index is 12.1. The van der Waals surface area contributed by atoms with Crippen molar-refractivity contribution in [3.05, 3.63) is 54.1 Å². The van der Waals surface area contributed by atoms with E-state index in [9.17, 15) is 19.2 Å². The third kappa shape index (κ3) is 4.91. The predicted molar refractivity (Wildman–Crippen MR) is 95.8 cm³/mol. The molecule has 0 aliphatic rings. The Balaban J connectivity index is 2.03. The van der Waals surface area contributed by atoms with Gasteiger partial charge in [0, 0.05) is 18.3 Å². The van der Waals surface area contributed by atoms with Gasteiger partial charge in [-0.15, -0.1) is 0 Å². The number of benzene rings is 2. The zero-order valence-corrected chi connectivity index (χ0v) is 14.2. The minimum absolute atomic E-state index is 0.135. The molecule has 3 amide bonds. The Labute approximate surface area is 149 Å². The Morgan fingerprint density at radius 2 is 1.31 bits per heavy atom. The minimum atomic E-state index is -0.938. The SMILES string of the molecule is COC(=O)c1ccccc1NC(=O)C(=O)Nc1ccc(NC(C)=O)cc1. The fourth-order valence-electron chi connectivity index (χ4n) is 2.09. The summed E-state index contributed by atoms with van der Waals surface area (Å²) in [6.07, 6.45) is 0. The average molecular weight is 355 g/mol. The van der Waals surface area contributed by atoms with Crippen LogP contribution in [0.2, 0.25) is 0 Å². The van der Waals surface area contributed by atoms with E-state index in [1.54, 1.807) is 36.4 Å². The van der Waals surface area contributed by atoms with Gasteiger partial charge in [0.05, 0.1) is 18.4 Å². The van der Waals surface area contributed by atoms with Crippen molar-refractivity contribution in [2.45, 2.75) is 6.92 Å². The van der Waals surface area contributed by atoms with E-state index in [4.69, 9.17) is 0 Å². The van der Waals surface area contributed by atoms with Crippen molar-refractivity contribution in [1.29, 1.82) is 0 Å². The molecule has 2 aromatic carbocycles. The number of nitrogens with one attached hydrogen (secondary N) is 3. The van der Waals surface area contributed by atoms with Crippen LogP contribution in [0.3, 0.4) is 0 Å². The van der Waals surface area contributed by atoms with Crippen LogP contribution in [-0.4, -0.2) is 30.8 Å². The van der Waals surface area contributed by atoms with E-state index in [1.165, 1.54) is 26.2 Å². The molecule has 26 heavy (non-hydrogen) atoms. The lowest BCUT2D eigenvalue weighted by molar-refractivity contribution is -0.133. The Bertz CT molecular complexity index is 846. The maximum Gasteiger partial charge on any atom is 0.339 e. The largest absolute Gasteiger partial charge is 0.465 e. The van der Waals surface area contributed by atoms with Gasteiger partial charge in [-0.2, -0.15) is 0 Å². The predicted octanol–water partition coefficient (Wildman–Crippen LogP) is 2.01. The number of anilines is 3. The van der Waals surface area contributed by atoms with E-state index < -0.39 is 17.8 Å². The normalized spacial score (nSPS) is 9.77. The highest BCUT2D eigenvalue weighted by Gasteiger charge is 2.18. The van der Waals surface area contributed by atoms with Crippen LogP contribution in [0.15, 0.2) is 48.5 Å². The van der Waals surface area contributed by atoms with Crippen LogP contribution in [0.25, 0.3) is 0 Å². The average Bonchev–Trinajstić information content (AvgIpc) is 2.62. The molecule has 2 aromatic rings. The second-order valence-corrected chi connectivity index (χ2v) is 5.20. The molecule has 0 saturated carbocycles. The van der Waals surface area contributed by atoms with Gasteiger partial charge in [-0.3, -0.25) is 14.4 Å². The molecule has 0 heterocycles. The molecule has 0 aromatic heterocycles. The topological polar surface area (TPSA) is 114 Å². The number of carbonyl (C=O) groups is 4. The van der Waals surface area contributed by atoms with Gasteiger partial charge in [-0.25, -0.2) is 4.79 Å². The zero-order valence-electron chi connectivity index (χ0n) is 14.2. The maximum atomic E-state index is 12.1. The molecule has 0 bridgehead atoms. The molecule has 0 aliphatic carbocycles. The summed E-state index contributed by atoms with van der Waals surface area (Å²) in [7, 11) is 1.22. The summed E-state index contributed by atoms with van der Waals surface area (Å²) in [6.45, 7) is 1.38. The first-order valence-corrected chi connectivity index (χ1v) is 7.58. The third-order valence-electron chi connectivity index (χ3n) is 3.25. The van der Waals surface area contributed by atoms with Crippen LogP contribution in [0.5, 0.6) is 0 Å². The van der Waals surface area contributed by atoms with Gasteiger partial charge >= 0.3 is 17.8 Å². The van der Waals surface area contributed by atoms with Crippen LogP contribution >= 0.6 is 0 Å². The van der Waals surface area contributed by atoms with Crippen molar-refractivity contribution >= 4 is 40.8 Å². The first kappa shape index (κ1) is 18.7. The monoisotopic (exact) mass is 355 g/mol. The van der Waals surface area contributed by atoms with Gasteiger partial charge in [0.2, 0.25) is 5.91 Å². The molecule has 0 atom stereocenters. The van der Waals surface area contributed by atoms with Crippen molar-refractivity contribution in [2.75, 3.05) is 23.1 Å². The van der Waals surface area contributed by atoms with E-state index in [1.807, 2.05) is 0 Å². The lowest BCUT2D eigenvalue weighted by Crippen LogP contribution is -2.29. The molecular formula is C18H17N3O5. The second-order valence-electron chi connectivity index (χ2n) is 5.20. The highest BCUT2D eigenvalue weighted by molar-refractivity contribution is 6.44. The number of amides is 3. The summed E-state index contributed by atoms with van der Waals surface area (Å²) in [5.41, 5.74) is 1.24. The summed E-state index contributed by atoms with van der Waals surface area (Å²) in [5.74, 6) is -2.69. The molecule has 3 N–H and O–H groups in total. The first-order chi connectivity index (χ1) is 12.4. The lowest BCUT2D eigenvalue weighted by atomic mass is 10.2. The van der Waals surface area contributed by atoms with E-state index >= 15 is 0 Å². The summed E-state index contributed by atoms with van der Waals surface area (Å²) in [6, 6.07) is 12.4. The van der Waals surface area contributed by atoms with Crippen LogP contribution in [0, 0.1) is 0 Å². The number of hydrogen-bond acceptors (Lipinski definition) is 5. The van der Waals surface area contributed by atoms with Gasteiger partial charge < -0.3 is 20.7 Å². The second kappa shape index (κ2) is 8.43. The van der Waals surface area contributed by atoms with E-state index in [2.05, 4.69) is 20.7 Å². The summed E-state index contributed by atoms with van der Waals surface area (Å²) in [5, 5.41) is 7.39. The number of para-hydroxylation sites is 1. The van der Waals surface area contributed by atoms with Gasteiger partial charge in [-0.1, -0.05) is 12.1 Å². The number of esters is 1. The van der Waals surface area contributed by atoms with Crippen LogP contribution in [-0.2, 0) is 19.1 Å². The fourth-order valence-corrected chi connectivity index (χ4v) is 2.09. The fraction of sp³-hybridized carbons (Fsp3) is 0.111. The molecule has 0 radical (unpaired) electrons. The van der Waals surface area contributed by atoms with Crippen molar-refractivity contribution in [3.63, 3.8) is 0 Å². The number of ether oxygens (including phenoxy) is 1. The Hall–Kier alpha value is -3.68. The number of hydrogen-bond donors (Lipinski definition) is 3. The van der Waals surface area contributed by atoms with Crippen LogP contribution < -0.4 is 16.0 Å². The summed E-state index contributed by atoms with van der Waals surface area (Å²) < 4.78 is 4.63. The van der Waals surface area contributed by atoms with Crippen molar-refractivity contribution in [3.8, 4) is 0 Å². The van der Waals surface area contributed by atoms with Gasteiger partial charge in [0.15, 0.2) is 0 Å². The highest BCUT2D eigenvalue weighted by Crippen LogP contribution is 2.17. The molecular weight excluding hydrogens is 338 g/mol. The minimum Gasteiger partial charge on any atom is -0.465 e. The molecule has 0 saturated heterocycles. The molecule has 0 spiro atoms. The number of carbonyl (C=O) groups excluding carboxylic acids is 4. The molecule has 0 aliphatic heterocycles. The van der Waals surface area contributed by atoms with Crippen LogP contribution in [0.1, 0.15) is 17.3 Å². The van der Waals surface area contributed by atoms with Crippen molar-refractivity contribution in [1.82, 2.24) is 0 Å². The Kier molecular flexibility index (Phi) is 6.05. The van der Waals surface area contributed by atoms with E-state index in [-0.39, 0.29) is 17.2 Å². The Morgan fingerprint density at radius 3 is 1.88 bits per heavy atom. The zero-order chi connectivity index (χ0) is 19.1. The number of rotatable bonds is 4. The van der Waals surface area contributed by atoms with Gasteiger partial charge in [0.25, 0.3) is 0 Å². The lowest BCUT2D eigenvalue weighted by Gasteiger charge is -2.10. The summed E-state index contributed by atoms with van der Waals surface area (Å²) >= 11 is 0. The van der Waals surface area contributed by atoms with E-state index in [0.717, 1.165) is 0 Å². The van der Waals surface area contributed by atoms with Crippen LogP contribution in [0.4, 0.5) is 17.1 Å². The molecule has 8 nitrogen and oxygen atoms in total. The molecule has 0 fully saturated rings.